The van der Waals surface area contributed by atoms with E-state index in [-0.39, 0.29) is 46.8 Å². The van der Waals surface area contributed by atoms with Gasteiger partial charge < -0.3 is 0 Å². The van der Waals surface area contributed by atoms with Gasteiger partial charge in [0.05, 0.1) is 31.8 Å². The van der Waals surface area contributed by atoms with Crippen molar-refractivity contribution in [1.29, 1.82) is 0 Å². The van der Waals surface area contributed by atoms with Crippen molar-refractivity contribution in [3.63, 3.8) is 0 Å². The molecule has 1 aliphatic rings. The Morgan fingerprint density at radius 3 is 1.16 bits per heavy atom. The first-order chi connectivity index (χ1) is 15.0. The normalized spacial score (nSPS) is 19.4. The Morgan fingerprint density at radius 1 is 0.625 bits per heavy atom. The number of benzene rings is 2. The molecular formula is C18H18N2O10S2. The SMILES string of the molecule is O=[N+]([O-])c1ccc(S(=O)(=O)OC2CCC(OS(=O)(=O)c3ccc([N+](=O)[O-])cc3)CC2)cc1. The molecule has 1 fully saturated rings. The van der Waals surface area contributed by atoms with Gasteiger partial charge in [-0.05, 0) is 49.9 Å². The fourth-order valence-corrected chi connectivity index (χ4v) is 5.43. The predicted octanol–water partition coefficient (Wildman–Crippen LogP) is 2.93. The van der Waals surface area contributed by atoms with Gasteiger partial charge in [-0.2, -0.15) is 16.8 Å². The van der Waals surface area contributed by atoms with Crippen LogP contribution < -0.4 is 0 Å². The topological polar surface area (TPSA) is 173 Å². The van der Waals surface area contributed by atoms with Crippen molar-refractivity contribution in [1.82, 2.24) is 0 Å². The maximum atomic E-state index is 12.4. The van der Waals surface area contributed by atoms with E-state index in [1.165, 1.54) is 0 Å². The van der Waals surface area contributed by atoms with Gasteiger partial charge in [-0.1, -0.05) is 0 Å². The number of hydrogen-bond acceptors (Lipinski definition) is 10. The van der Waals surface area contributed by atoms with Gasteiger partial charge >= 0.3 is 0 Å². The van der Waals surface area contributed by atoms with Gasteiger partial charge in [0.25, 0.3) is 31.6 Å². The Hall–Kier alpha value is -2.94. The number of nitro groups is 2. The van der Waals surface area contributed by atoms with Gasteiger partial charge in [0.15, 0.2) is 0 Å². The lowest BCUT2D eigenvalue weighted by Gasteiger charge is -2.27. The highest BCUT2D eigenvalue weighted by Crippen LogP contribution is 2.29. The van der Waals surface area contributed by atoms with E-state index in [0.717, 1.165) is 48.5 Å². The van der Waals surface area contributed by atoms with E-state index in [2.05, 4.69) is 0 Å². The average molecular weight is 486 g/mol. The van der Waals surface area contributed by atoms with E-state index >= 15 is 0 Å². The molecule has 12 nitrogen and oxygen atoms in total. The summed E-state index contributed by atoms with van der Waals surface area (Å²) in [5.41, 5.74) is -0.508. The Bertz CT molecular complexity index is 1100. The largest absolute Gasteiger partial charge is 0.297 e. The smallest absolute Gasteiger partial charge is 0.263 e. The highest BCUT2D eigenvalue weighted by molar-refractivity contribution is 7.87. The van der Waals surface area contributed by atoms with Crippen LogP contribution in [-0.2, 0) is 28.6 Å². The summed E-state index contributed by atoms with van der Waals surface area (Å²) in [6.07, 6.45) is -0.534. The van der Waals surface area contributed by atoms with E-state index in [9.17, 15) is 37.1 Å². The Morgan fingerprint density at radius 2 is 0.906 bits per heavy atom. The second kappa shape index (κ2) is 9.28. The molecule has 0 amide bonds. The van der Waals surface area contributed by atoms with Gasteiger partial charge in [-0.25, -0.2) is 0 Å². The standard InChI is InChI=1S/C18H18N2O10S2/c21-19(22)13-1-9-17(10-2-13)31(25,26)29-15-5-7-16(8-6-15)30-32(27,28)18-11-3-14(4-12-18)20(23)24/h1-4,9-12,15-16H,5-8H2. The summed E-state index contributed by atoms with van der Waals surface area (Å²) in [4.78, 5) is 19.6. The van der Waals surface area contributed by atoms with E-state index in [1.807, 2.05) is 0 Å². The zero-order chi connectivity index (χ0) is 23.5. The minimum absolute atomic E-state index is 0.215. The molecule has 0 radical (unpaired) electrons. The molecule has 2 aromatic carbocycles. The van der Waals surface area contributed by atoms with Crippen LogP contribution in [0.5, 0.6) is 0 Å². The summed E-state index contributed by atoms with van der Waals surface area (Å²) in [6.45, 7) is 0. The van der Waals surface area contributed by atoms with Crippen molar-refractivity contribution in [2.24, 2.45) is 0 Å². The first-order valence-corrected chi connectivity index (χ1v) is 12.1. The first-order valence-electron chi connectivity index (χ1n) is 9.33. The number of hydrogen-bond donors (Lipinski definition) is 0. The third-order valence-corrected chi connectivity index (χ3v) is 7.57. The Balaban J connectivity index is 1.57. The summed E-state index contributed by atoms with van der Waals surface area (Å²) in [7, 11) is -8.29. The van der Waals surface area contributed by atoms with E-state index in [0.29, 0.717) is 0 Å². The molecule has 0 heterocycles. The molecule has 1 aliphatic carbocycles. The Labute approximate surface area is 183 Å². The molecule has 14 heteroatoms. The molecule has 0 unspecified atom stereocenters. The second-order valence-corrected chi connectivity index (χ2v) is 10.1. The third-order valence-electron chi connectivity index (χ3n) is 4.82. The van der Waals surface area contributed by atoms with Gasteiger partial charge in [-0.3, -0.25) is 28.6 Å². The zero-order valence-electron chi connectivity index (χ0n) is 16.4. The molecule has 3 rings (SSSR count). The summed E-state index contributed by atoms with van der Waals surface area (Å²) < 4.78 is 59.9. The Kier molecular flexibility index (Phi) is 6.88. The van der Waals surface area contributed by atoms with Gasteiger partial charge in [0.1, 0.15) is 0 Å². The minimum atomic E-state index is -4.15. The van der Waals surface area contributed by atoms with Crippen LogP contribution in [0.25, 0.3) is 0 Å². The highest BCUT2D eigenvalue weighted by atomic mass is 32.2. The zero-order valence-corrected chi connectivity index (χ0v) is 18.0. The number of nitrogens with zero attached hydrogens (tertiary/aromatic N) is 2. The van der Waals surface area contributed by atoms with Crippen LogP contribution in [0.1, 0.15) is 25.7 Å². The van der Waals surface area contributed by atoms with Gasteiger partial charge in [0.2, 0.25) is 0 Å². The van der Waals surface area contributed by atoms with Crippen molar-refractivity contribution in [3.8, 4) is 0 Å². The van der Waals surface area contributed by atoms with Crippen LogP contribution in [-0.4, -0.2) is 38.9 Å². The quantitative estimate of drug-likeness (QED) is 0.306. The van der Waals surface area contributed by atoms with E-state index < -0.39 is 42.3 Å². The molecule has 0 N–H and O–H groups in total. The minimum Gasteiger partial charge on any atom is -0.263 e. The maximum Gasteiger partial charge on any atom is 0.297 e. The predicted molar refractivity (Wildman–Crippen MR) is 109 cm³/mol. The van der Waals surface area contributed by atoms with Crippen molar-refractivity contribution < 1.29 is 35.0 Å². The lowest BCUT2D eigenvalue weighted by atomic mass is 9.95. The van der Waals surface area contributed by atoms with Crippen LogP contribution in [0.15, 0.2) is 58.3 Å². The van der Waals surface area contributed by atoms with E-state index in [1.54, 1.807) is 0 Å². The molecule has 32 heavy (non-hydrogen) atoms. The highest BCUT2D eigenvalue weighted by Gasteiger charge is 2.31. The van der Waals surface area contributed by atoms with Gasteiger partial charge in [-0.15, -0.1) is 0 Å². The average Bonchev–Trinajstić information content (AvgIpc) is 2.75. The molecule has 0 bridgehead atoms. The van der Waals surface area contributed by atoms with Crippen LogP contribution in [0, 0.1) is 20.2 Å². The molecule has 2 aromatic rings. The van der Waals surface area contributed by atoms with Gasteiger partial charge in [0, 0.05) is 24.3 Å². The van der Waals surface area contributed by atoms with Crippen LogP contribution in [0.2, 0.25) is 0 Å². The van der Waals surface area contributed by atoms with Crippen LogP contribution >= 0.6 is 0 Å². The molecule has 0 aromatic heterocycles. The summed E-state index contributed by atoms with van der Waals surface area (Å²) in [6, 6.07) is 8.57. The van der Waals surface area contributed by atoms with Crippen LogP contribution in [0.3, 0.4) is 0 Å². The number of rotatable bonds is 8. The monoisotopic (exact) mass is 486 g/mol. The van der Waals surface area contributed by atoms with Crippen LogP contribution in [0.4, 0.5) is 11.4 Å². The number of non-ortho nitro benzene ring substituents is 2. The van der Waals surface area contributed by atoms with Crippen molar-refractivity contribution in [2.75, 3.05) is 0 Å². The molecule has 0 saturated heterocycles. The number of nitro benzene ring substituents is 2. The molecular weight excluding hydrogens is 468 g/mol. The second-order valence-electron chi connectivity index (χ2n) is 7.00. The first kappa shape index (κ1) is 23.7. The summed E-state index contributed by atoms with van der Waals surface area (Å²) in [5.74, 6) is 0. The van der Waals surface area contributed by atoms with Crippen molar-refractivity contribution >= 4 is 31.6 Å². The summed E-state index contributed by atoms with van der Waals surface area (Å²) >= 11 is 0. The fraction of sp³-hybridized carbons (Fsp3) is 0.333. The summed E-state index contributed by atoms with van der Waals surface area (Å²) in [5, 5.41) is 21.4. The molecule has 0 aliphatic heterocycles. The molecule has 0 spiro atoms. The lowest BCUT2D eigenvalue weighted by molar-refractivity contribution is -0.385. The van der Waals surface area contributed by atoms with Crippen molar-refractivity contribution in [3.05, 3.63) is 68.8 Å². The molecule has 1 saturated carbocycles. The lowest BCUT2D eigenvalue weighted by Crippen LogP contribution is -2.30. The fourth-order valence-electron chi connectivity index (χ4n) is 3.16. The van der Waals surface area contributed by atoms with Crippen molar-refractivity contribution in [2.45, 2.75) is 47.7 Å². The maximum absolute atomic E-state index is 12.4. The molecule has 172 valence electrons. The third kappa shape index (κ3) is 5.64. The van der Waals surface area contributed by atoms with E-state index in [4.69, 9.17) is 8.37 Å². The molecule has 0 atom stereocenters.